The minimum atomic E-state index is -0.726. The van der Waals surface area contributed by atoms with Gasteiger partial charge in [-0.3, -0.25) is 4.79 Å². The number of carbonyl (C=O) groups is 1. The number of amides is 1. The fourth-order valence-corrected chi connectivity index (χ4v) is 1.30. The van der Waals surface area contributed by atoms with Crippen molar-refractivity contribution in [1.82, 2.24) is 15.1 Å². The van der Waals surface area contributed by atoms with Crippen molar-refractivity contribution in [3.8, 4) is 0 Å². The van der Waals surface area contributed by atoms with Crippen LogP contribution in [0.2, 0.25) is 0 Å². The van der Waals surface area contributed by atoms with Gasteiger partial charge in [0.1, 0.15) is 5.82 Å². The molecule has 94 valence electrons. The highest BCUT2D eigenvalue weighted by Crippen LogP contribution is 2.02. The predicted molar refractivity (Wildman–Crippen MR) is 61.3 cm³/mol. The number of carbonyl (C=O) groups excluding carboxylic acids is 1. The standard InChI is InChI=1S/C10H16N4O3/c1-14(5-7(15)6-17-2)10(16)8-3-4-9(11)13-12-8/h3-4,7,15H,5-6H2,1-2H3,(H2,11,13). The number of anilines is 1. The van der Waals surface area contributed by atoms with Crippen LogP contribution < -0.4 is 5.73 Å². The molecule has 0 spiro atoms. The summed E-state index contributed by atoms with van der Waals surface area (Å²) in [4.78, 5) is 13.2. The van der Waals surface area contributed by atoms with Crippen molar-refractivity contribution in [2.75, 3.05) is 33.0 Å². The first kappa shape index (κ1) is 13.3. The van der Waals surface area contributed by atoms with Crippen molar-refractivity contribution in [3.05, 3.63) is 17.8 Å². The van der Waals surface area contributed by atoms with Gasteiger partial charge in [0.2, 0.25) is 0 Å². The Morgan fingerprint density at radius 1 is 1.59 bits per heavy atom. The summed E-state index contributed by atoms with van der Waals surface area (Å²) < 4.78 is 4.77. The summed E-state index contributed by atoms with van der Waals surface area (Å²) in [5.41, 5.74) is 5.55. The van der Waals surface area contributed by atoms with Crippen LogP contribution in [0.3, 0.4) is 0 Å². The second-order valence-electron chi connectivity index (χ2n) is 3.64. The van der Waals surface area contributed by atoms with Gasteiger partial charge in [-0.2, -0.15) is 0 Å². The molecule has 3 N–H and O–H groups in total. The quantitative estimate of drug-likeness (QED) is 0.694. The highest BCUT2D eigenvalue weighted by molar-refractivity contribution is 5.92. The number of aromatic nitrogens is 2. The van der Waals surface area contributed by atoms with Gasteiger partial charge in [0.15, 0.2) is 5.69 Å². The van der Waals surface area contributed by atoms with E-state index in [0.717, 1.165) is 0 Å². The normalized spacial score (nSPS) is 12.2. The molecule has 1 amide bonds. The molecule has 1 aromatic rings. The molecule has 0 radical (unpaired) electrons. The number of nitrogens with zero attached hydrogens (tertiary/aromatic N) is 3. The van der Waals surface area contributed by atoms with Crippen molar-refractivity contribution in [2.24, 2.45) is 0 Å². The Kier molecular flexibility index (Phi) is 4.80. The number of hydrogen-bond acceptors (Lipinski definition) is 6. The number of aliphatic hydroxyl groups is 1. The summed E-state index contributed by atoms with van der Waals surface area (Å²) in [6.07, 6.45) is -0.726. The molecule has 1 heterocycles. The van der Waals surface area contributed by atoms with E-state index in [-0.39, 0.29) is 30.6 Å². The second kappa shape index (κ2) is 6.12. The van der Waals surface area contributed by atoms with Gasteiger partial charge in [0.25, 0.3) is 5.91 Å². The molecule has 0 bridgehead atoms. The molecular weight excluding hydrogens is 224 g/mol. The Labute approximate surface area is 99.2 Å². The molecule has 0 fully saturated rings. The van der Waals surface area contributed by atoms with E-state index in [4.69, 9.17) is 10.5 Å². The third kappa shape index (κ3) is 3.97. The van der Waals surface area contributed by atoms with Crippen LogP contribution in [0, 0.1) is 0 Å². The SMILES string of the molecule is COCC(O)CN(C)C(=O)c1ccc(N)nn1. The first-order valence-corrected chi connectivity index (χ1v) is 5.06. The lowest BCUT2D eigenvalue weighted by Gasteiger charge is -2.19. The number of hydrogen-bond donors (Lipinski definition) is 2. The highest BCUT2D eigenvalue weighted by Gasteiger charge is 2.16. The molecule has 1 atom stereocenters. The van der Waals surface area contributed by atoms with Crippen LogP contribution >= 0.6 is 0 Å². The van der Waals surface area contributed by atoms with Crippen molar-refractivity contribution < 1.29 is 14.6 Å². The summed E-state index contributed by atoms with van der Waals surface area (Å²) in [6, 6.07) is 2.99. The molecule has 0 aliphatic rings. The molecule has 7 heteroatoms. The number of ether oxygens (including phenoxy) is 1. The van der Waals surface area contributed by atoms with Crippen LogP contribution in [0.25, 0.3) is 0 Å². The number of aliphatic hydroxyl groups excluding tert-OH is 1. The van der Waals surface area contributed by atoms with Gasteiger partial charge in [-0.1, -0.05) is 0 Å². The molecule has 17 heavy (non-hydrogen) atoms. The van der Waals surface area contributed by atoms with Crippen molar-refractivity contribution >= 4 is 11.7 Å². The maximum Gasteiger partial charge on any atom is 0.274 e. The van der Waals surface area contributed by atoms with Gasteiger partial charge in [-0.25, -0.2) is 0 Å². The van der Waals surface area contributed by atoms with Crippen LogP contribution in [-0.4, -0.2) is 59.5 Å². The smallest absolute Gasteiger partial charge is 0.274 e. The van der Waals surface area contributed by atoms with Gasteiger partial charge in [0.05, 0.1) is 12.7 Å². The van der Waals surface area contributed by atoms with Crippen molar-refractivity contribution in [1.29, 1.82) is 0 Å². The van der Waals surface area contributed by atoms with Gasteiger partial charge in [-0.15, -0.1) is 10.2 Å². The highest BCUT2D eigenvalue weighted by atomic mass is 16.5. The third-order valence-corrected chi connectivity index (χ3v) is 2.09. The molecule has 1 aromatic heterocycles. The van der Waals surface area contributed by atoms with E-state index in [9.17, 15) is 9.90 Å². The lowest BCUT2D eigenvalue weighted by Crippen LogP contribution is -2.36. The molecule has 0 aromatic carbocycles. The van der Waals surface area contributed by atoms with Crippen molar-refractivity contribution in [3.63, 3.8) is 0 Å². The topological polar surface area (TPSA) is 102 Å². The lowest BCUT2D eigenvalue weighted by atomic mass is 10.3. The molecule has 0 aliphatic carbocycles. The van der Waals surface area contributed by atoms with E-state index in [1.165, 1.54) is 24.1 Å². The Balaban J connectivity index is 2.60. The minimum Gasteiger partial charge on any atom is -0.389 e. The summed E-state index contributed by atoms with van der Waals surface area (Å²) in [5, 5.41) is 16.7. The average molecular weight is 240 g/mol. The average Bonchev–Trinajstić information content (AvgIpc) is 2.29. The van der Waals surface area contributed by atoms with Crippen LogP contribution in [0.5, 0.6) is 0 Å². The van der Waals surface area contributed by atoms with Crippen molar-refractivity contribution in [2.45, 2.75) is 6.10 Å². The molecule has 0 saturated heterocycles. The van der Waals surface area contributed by atoms with E-state index in [1.54, 1.807) is 7.05 Å². The van der Waals surface area contributed by atoms with Crippen LogP contribution in [-0.2, 0) is 4.74 Å². The molecule has 7 nitrogen and oxygen atoms in total. The molecular formula is C10H16N4O3. The van der Waals surface area contributed by atoms with E-state index in [2.05, 4.69) is 10.2 Å². The van der Waals surface area contributed by atoms with Crippen LogP contribution in [0.1, 0.15) is 10.5 Å². The van der Waals surface area contributed by atoms with Gasteiger partial charge in [0, 0.05) is 20.7 Å². The monoisotopic (exact) mass is 240 g/mol. The largest absolute Gasteiger partial charge is 0.389 e. The maximum atomic E-state index is 11.8. The van der Waals surface area contributed by atoms with Crippen LogP contribution in [0.4, 0.5) is 5.82 Å². The second-order valence-corrected chi connectivity index (χ2v) is 3.64. The summed E-state index contributed by atoms with van der Waals surface area (Å²) in [7, 11) is 3.05. The molecule has 0 aliphatic heterocycles. The number of nitrogens with two attached hydrogens (primary N) is 1. The minimum absolute atomic E-state index is 0.165. The summed E-state index contributed by atoms with van der Waals surface area (Å²) >= 11 is 0. The first-order valence-electron chi connectivity index (χ1n) is 5.06. The Morgan fingerprint density at radius 2 is 2.29 bits per heavy atom. The molecule has 0 saturated carbocycles. The Morgan fingerprint density at radius 3 is 2.82 bits per heavy atom. The number of rotatable bonds is 5. The maximum absolute atomic E-state index is 11.8. The number of methoxy groups -OCH3 is 1. The Hall–Kier alpha value is -1.73. The molecule has 1 rings (SSSR count). The zero-order chi connectivity index (χ0) is 12.8. The number of nitrogen functional groups attached to an aromatic ring is 1. The fraction of sp³-hybridized carbons (Fsp3) is 0.500. The predicted octanol–water partition coefficient (Wildman–Crippen LogP) is -0.862. The number of likely N-dealkylation sites (N-methyl/N-ethyl adjacent to an activating group) is 1. The van der Waals surface area contributed by atoms with Crippen LogP contribution in [0.15, 0.2) is 12.1 Å². The third-order valence-electron chi connectivity index (χ3n) is 2.09. The van der Waals surface area contributed by atoms with E-state index in [1.807, 2.05) is 0 Å². The summed E-state index contributed by atoms with van der Waals surface area (Å²) in [5.74, 6) is -0.0729. The van der Waals surface area contributed by atoms with E-state index < -0.39 is 6.10 Å². The van der Waals surface area contributed by atoms with Gasteiger partial charge in [-0.05, 0) is 12.1 Å². The lowest BCUT2D eigenvalue weighted by molar-refractivity contribution is 0.0377. The van der Waals surface area contributed by atoms with Gasteiger partial charge < -0.3 is 20.5 Å². The fourth-order valence-electron chi connectivity index (χ4n) is 1.30. The van der Waals surface area contributed by atoms with E-state index in [0.29, 0.717) is 0 Å². The first-order chi connectivity index (χ1) is 8.04. The van der Waals surface area contributed by atoms with E-state index >= 15 is 0 Å². The Bertz CT molecular complexity index is 368. The zero-order valence-corrected chi connectivity index (χ0v) is 9.83. The summed E-state index contributed by atoms with van der Waals surface area (Å²) in [6.45, 7) is 0.337. The molecule has 1 unspecified atom stereocenters. The van der Waals surface area contributed by atoms with Gasteiger partial charge >= 0.3 is 0 Å². The zero-order valence-electron chi connectivity index (χ0n) is 9.83.